The Labute approximate surface area is 113 Å². The van der Waals surface area contributed by atoms with E-state index in [1.807, 2.05) is 6.92 Å². The van der Waals surface area contributed by atoms with Gasteiger partial charge in [0.2, 0.25) is 0 Å². The number of carbonyl (C=O) groups is 1. The van der Waals surface area contributed by atoms with Crippen LogP contribution in [0.25, 0.3) is 0 Å². The van der Waals surface area contributed by atoms with Crippen molar-refractivity contribution in [1.82, 2.24) is 0 Å². The average molecular weight is 269 g/mol. The Bertz CT molecular complexity index is 437. The second-order valence-electron chi connectivity index (χ2n) is 4.33. The number of halogens is 1. The highest BCUT2D eigenvalue weighted by molar-refractivity contribution is 5.73. The molecule has 5 heteroatoms. The van der Waals surface area contributed by atoms with Gasteiger partial charge in [0.1, 0.15) is 11.6 Å². The minimum absolute atomic E-state index is 0.247. The van der Waals surface area contributed by atoms with Gasteiger partial charge in [0.05, 0.1) is 25.8 Å². The van der Waals surface area contributed by atoms with E-state index in [0.29, 0.717) is 24.4 Å². The lowest BCUT2D eigenvalue weighted by Crippen LogP contribution is -2.31. The Balaban J connectivity index is 2.90. The van der Waals surface area contributed by atoms with Gasteiger partial charge >= 0.3 is 5.97 Å². The second kappa shape index (κ2) is 6.97. The third-order valence-corrected chi connectivity index (χ3v) is 3.07. The van der Waals surface area contributed by atoms with Crippen LogP contribution in [0.3, 0.4) is 0 Å². The van der Waals surface area contributed by atoms with Gasteiger partial charge in [0, 0.05) is 19.7 Å². The topological polar surface area (TPSA) is 38.8 Å². The zero-order chi connectivity index (χ0) is 14.4. The molecule has 0 fully saturated rings. The summed E-state index contributed by atoms with van der Waals surface area (Å²) < 4.78 is 23.3. The van der Waals surface area contributed by atoms with Gasteiger partial charge in [0.25, 0.3) is 0 Å². The molecule has 0 aromatic heterocycles. The van der Waals surface area contributed by atoms with Crippen molar-refractivity contribution >= 4 is 11.7 Å². The zero-order valence-electron chi connectivity index (χ0n) is 11.8. The molecule has 0 amide bonds. The van der Waals surface area contributed by atoms with Crippen molar-refractivity contribution in [2.75, 3.05) is 32.7 Å². The number of anilines is 1. The highest BCUT2D eigenvalue weighted by atomic mass is 19.1. The van der Waals surface area contributed by atoms with Crippen molar-refractivity contribution in [3.63, 3.8) is 0 Å². The van der Waals surface area contributed by atoms with Crippen LogP contribution in [-0.2, 0) is 9.53 Å². The number of ether oxygens (including phenoxy) is 2. The Kier molecular flexibility index (Phi) is 5.60. The van der Waals surface area contributed by atoms with Gasteiger partial charge in [0.15, 0.2) is 0 Å². The normalized spacial score (nSPS) is 11.8. The van der Waals surface area contributed by atoms with E-state index in [9.17, 15) is 9.18 Å². The van der Waals surface area contributed by atoms with E-state index in [4.69, 9.17) is 9.47 Å². The molecule has 0 aliphatic heterocycles. The van der Waals surface area contributed by atoms with Crippen LogP contribution in [-0.4, -0.2) is 33.8 Å². The molecule has 0 radical (unpaired) electrons. The first-order valence-corrected chi connectivity index (χ1v) is 6.16. The zero-order valence-corrected chi connectivity index (χ0v) is 11.8. The van der Waals surface area contributed by atoms with Crippen molar-refractivity contribution in [2.24, 2.45) is 5.92 Å². The molecule has 1 rings (SSSR count). The van der Waals surface area contributed by atoms with Crippen molar-refractivity contribution < 1.29 is 18.7 Å². The number of hydrogen-bond donors (Lipinski definition) is 0. The van der Waals surface area contributed by atoms with Crippen molar-refractivity contribution in [3.8, 4) is 5.75 Å². The Morgan fingerprint density at radius 1 is 1.42 bits per heavy atom. The number of methoxy groups -OCH3 is 2. The van der Waals surface area contributed by atoms with Crippen LogP contribution in [0.15, 0.2) is 18.2 Å². The molecule has 0 heterocycles. The lowest BCUT2D eigenvalue weighted by molar-refractivity contribution is -0.145. The van der Waals surface area contributed by atoms with Gasteiger partial charge < -0.3 is 14.4 Å². The highest BCUT2D eigenvalue weighted by Crippen LogP contribution is 2.29. The number of rotatable bonds is 6. The molecule has 0 aliphatic rings. The maximum absolute atomic E-state index is 13.3. The summed E-state index contributed by atoms with van der Waals surface area (Å²) in [4.78, 5) is 13.4. The molecule has 19 heavy (non-hydrogen) atoms. The SMILES string of the molecule is CCC(CN(C)c1cc(F)ccc1OC)C(=O)OC. The predicted molar refractivity (Wildman–Crippen MR) is 72.0 cm³/mol. The van der Waals surface area contributed by atoms with Gasteiger partial charge in [-0.1, -0.05) is 6.92 Å². The molecule has 106 valence electrons. The lowest BCUT2D eigenvalue weighted by atomic mass is 10.1. The summed E-state index contributed by atoms with van der Waals surface area (Å²) >= 11 is 0. The third kappa shape index (κ3) is 3.84. The van der Waals surface area contributed by atoms with Crippen molar-refractivity contribution in [3.05, 3.63) is 24.0 Å². The smallest absolute Gasteiger partial charge is 0.310 e. The minimum atomic E-state index is -0.339. The van der Waals surface area contributed by atoms with Crippen LogP contribution in [0.5, 0.6) is 5.75 Å². The first-order valence-electron chi connectivity index (χ1n) is 6.16. The van der Waals surface area contributed by atoms with E-state index in [1.54, 1.807) is 18.0 Å². The van der Waals surface area contributed by atoms with E-state index in [2.05, 4.69) is 0 Å². The molecule has 0 spiro atoms. The monoisotopic (exact) mass is 269 g/mol. The first-order chi connectivity index (χ1) is 9.03. The van der Waals surface area contributed by atoms with Crippen LogP contribution in [0.1, 0.15) is 13.3 Å². The molecule has 1 unspecified atom stereocenters. The van der Waals surface area contributed by atoms with Crippen LogP contribution in [0, 0.1) is 11.7 Å². The van der Waals surface area contributed by atoms with Gasteiger partial charge in [-0.25, -0.2) is 4.39 Å². The standard InChI is InChI=1S/C14H20FNO3/c1-5-10(14(17)19-4)9-16(2)12-8-11(15)6-7-13(12)18-3/h6-8,10H,5,9H2,1-4H3. The Morgan fingerprint density at radius 2 is 2.11 bits per heavy atom. The quantitative estimate of drug-likeness (QED) is 0.744. The highest BCUT2D eigenvalue weighted by Gasteiger charge is 2.20. The number of nitrogens with zero attached hydrogens (tertiary/aromatic N) is 1. The van der Waals surface area contributed by atoms with E-state index in [-0.39, 0.29) is 17.7 Å². The number of benzene rings is 1. The summed E-state index contributed by atoms with van der Waals surface area (Å²) in [7, 11) is 4.69. The fraction of sp³-hybridized carbons (Fsp3) is 0.500. The largest absolute Gasteiger partial charge is 0.495 e. The van der Waals surface area contributed by atoms with Crippen LogP contribution >= 0.6 is 0 Å². The van der Waals surface area contributed by atoms with Crippen LogP contribution < -0.4 is 9.64 Å². The summed E-state index contributed by atoms with van der Waals surface area (Å²) in [5.41, 5.74) is 0.616. The summed E-state index contributed by atoms with van der Waals surface area (Å²) in [5, 5.41) is 0. The fourth-order valence-corrected chi connectivity index (χ4v) is 1.93. The average Bonchev–Trinajstić information content (AvgIpc) is 2.43. The predicted octanol–water partition coefficient (Wildman–Crippen LogP) is 2.47. The molecule has 0 saturated carbocycles. The maximum atomic E-state index is 13.3. The van der Waals surface area contributed by atoms with Gasteiger partial charge in [-0.3, -0.25) is 4.79 Å². The minimum Gasteiger partial charge on any atom is -0.495 e. The van der Waals surface area contributed by atoms with Crippen molar-refractivity contribution in [2.45, 2.75) is 13.3 Å². The lowest BCUT2D eigenvalue weighted by Gasteiger charge is -2.25. The first kappa shape index (κ1) is 15.3. The number of esters is 1. The maximum Gasteiger partial charge on any atom is 0.310 e. The van der Waals surface area contributed by atoms with Gasteiger partial charge in [-0.2, -0.15) is 0 Å². The summed E-state index contributed by atoms with van der Waals surface area (Å²) in [6, 6.07) is 4.30. The van der Waals surface area contributed by atoms with Crippen molar-refractivity contribution in [1.29, 1.82) is 0 Å². The summed E-state index contributed by atoms with van der Waals surface area (Å²) in [5.74, 6) is -0.273. The molecule has 4 nitrogen and oxygen atoms in total. The van der Waals surface area contributed by atoms with E-state index < -0.39 is 0 Å². The molecule has 0 saturated heterocycles. The molecule has 1 atom stereocenters. The molecule has 1 aromatic rings. The van der Waals surface area contributed by atoms with Gasteiger partial charge in [-0.15, -0.1) is 0 Å². The molecule has 0 N–H and O–H groups in total. The van der Waals surface area contributed by atoms with Gasteiger partial charge in [-0.05, 0) is 18.6 Å². The van der Waals surface area contributed by atoms with Crippen LogP contribution in [0.2, 0.25) is 0 Å². The molecular weight excluding hydrogens is 249 g/mol. The Hall–Kier alpha value is -1.78. The molecule has 1 aromatic carbocycles. The molecule has 0 bridgehead atoms. The Morgan fingerprint density at radius 3 is 2.63 bits per heavy atom. The second-order valence-corrected chi connectivity index (χ2v) is 4.33. The van der Waals surface area contributed by atoms with Crippen LogP contribution in [0.4, 0.5) is 10.1 Å². The van der Waals surface area contributed by atoms with E-state index >= 15 is 0 Å². The molecular formula is C14H20FNO3. The van der Waals surface area contributed by atoms with E-state index in [1.165, 1.54) is 26.4 Å². The molecule has 0 aliphatic carbocycles. The summed E-state index contributed by atoms with van der Waals surface area (Å²) in [6.07, 6.45) is 0.661. The van der Waals surface area contributed by atoms with E-state index in [0.717, 1.165) is 0 Å². The summed E-state index contributed by atoms with van der Waals surface area (Å²) in [6.45, 7) is 2.36. The fourth-order valence-electron chi connectivity index (χ4n) is 1.93. The third-order valence-electron chi connectivity index (χ3n) is 3.07. The number of hydrogen-bond acceptors (Lipinski definition) is 4. The number of carbonyl (C=O) groups excluding carboxylic acids is 1.